The van der Waals surface area contributed by atoms with Crippen LogP contribution >= 0.6 is 0 Å². The van der Waals surface area contributed by atoms with E-state index < -0.39 is 0 Å². The monoisotopic (exact) mass is 383 g/mol. The van der Waals surface area contributed by atoms with E-state index in [0.29, 0.717) is 35.7 Å². The molecule has 0 heterocycles. The highest BCUT2D eigenvalue weighted by molar-refractivity contribution is 5.90. The van der Waals surface area contributed by atoms with Crippen LogP contribution in [0.5, 0.6) is 0 Å². The predicted molar refractivity (Wildman–Crippen MR) is 102 cm³/mol. The molecule has 9 nitrogen and oxygen atoms in total. The minimum Gasteiger partial charge on any atom is -0.462 e. The third-order valence-electron chi connectivity index (χ3n) is 3.34. The number of ether oxygens (including phenoxy) is 2. The van der Waals surface area contributed by atoms with Gasteiger partial charge in [-0.15, -0.1) is 10.2 Å². The highest BCUT2D eigenvalue weighted by Crippen LogP contribution is 2.17. The molecule has 0 aromatic heterocycles. The van der Waals surface area contributed by atoms with Crippen LogP contribution in [-0.4, -0.2) is 37.3 Å². The van der Waals surface area contributed by atoms with Crippen LogP contribution in [0.4, 0.5) is 11.4 Å². The molecule has 0 aliphatic heterocycles. The normalized spacial score (nSPS) is 11.0. The molecule has 28 heavy (non-hydrogen) atoms. The van der Waals surface area contributed by atoms with Gasteiger partial charge in [-0.2, -0.15) is 5.12 Å². The van der Waals surface area contributed by atoms with Gasteiger partial charge in [-0.05, 0) is 72.8 Å². The molecule has 0 spiro atoms. The van der Waals surface area contributed by atoms with Gasteiger partial charge >= 0.3 is 11.9 Å². The van der Waals surface area contributed by atoms with Gasteiger partial charge in [-0.3, -0.25) is 0 Å². The highest BCUT2D eigenvalue weighted by atomic mass is 16.5. The second kappa shape index (κ2) is 10.5. The smallest absolute Gasteiger partial charge is 0.338 e. The van der Waals surface area contributed by atoms with Crippen LogP contribution < -0.4 is 0 Å². The summed E-state index contributed by atoms with van der Waals surface area (Å²) in [6.07, 6.45) is 0. The van der Waals surface area contributed by atoms with E-state index in [4.69, 9.17) is 9.47 Å². The van der Waals surface area contributed by atoms with E-state index in [9.17, 15) is 9.59 Å². The lowest BCUT2D eigenvalue weighted by Gasteiger charge is -2.03. The van der Waals surface area contributed by atoms with Crippen molar-refractivity contribution in [3.8, 4) is 0 Å². The van der Waals surface area contributed by atoms with Gasteiger partial charge in [0.25, 0.3) is 0 Å². The maximum Gasteiger partial charge on any atom is 0.338 e. The van der Waals surface area contributed by atoms with Gasteiger partial charge in [0.2, 0.25) is 0 Å². The fraction of sp³-hybridized carbons (Fsp3) is 0.263. The molecule has 0 bridgehead atoms. The molecule has 2 rings (SSSR count). The molecule has 0 amide bonds. The molecule has 0 aliphatic carbocycles. The lowest BCUT2D eigenvalue weighted by atomic mass is 10.2. The van der Waals surface area contributed by atoms with Crippen molar-refractivity contribution in [1.29, 1.82) is 0 Å². The van der Waals surface area contributed by atoms with Gasteiger partial charge in [0, 0.05) is 0 Å². The summed E-state index contributed by atoms with van der Waals surface area (Å²) in [5, 5.41) is 17.0. The zero-order valence-electron chi connectivity index (χ0n) is 15.9. The SMILES string of the molecule is CCOC(=O)c1ccc(N=NN(C)N=Nc2ccc(C(=O)OCC)cc2)cc1. The minimum absolute atomic E-state index is 0.321. The average Bonchev–Trinajstić information content (AvgIpc) is 2.72. The van der Waals surface area contributed by atoms with E-state index in [-0.39, 0.29) is 11.9 Å². The van der Waals surface area contributed by atoms with Crippen LogP contribution in [0.1, 0.15) is 34.6 Å². The summed E-state index contributed by atoms with van der Waals surface area (Å²) in [7, 11) is 1.58. The van der Waals surface area contributed by atoms with Crippen LogP contribution in [0, 0.1) is 0 Å². The third kappa shape index (κ3) is 6.27. The summed E-state index contributed by atoms with van der Waals surface area (Å²) in [4.78, 5) is 23.2. The molecule has 2 aromatic carbocycles. The number of nitrogens with zero attached hydrogens (tertiary/aromatic N) is 5. The summed E-state index contributed by atoms with van der Waals surface area (Å²) in [6.45, 7) is 4.14. The van der Waals surface area contributed by atoms with Crippen molar-refractivity contribution in [2.45, 2.75) is 13.8 Å². The first kappa shape index (κ1) is 20.7. The lowest BCUT2D eigenvalue weighted by molar-refractivity contribution is 0.0517. The van der Waals surface area contributed by atoms with E-state index >= 15 is 0 Å². The number of rotatable bonds is 8. The van der Waals surface area contributed by atoms with Gasteiger partial charge in [-0.1, -0.05) is 0 Å². The molecular formula is C19H21N5O4. The van der Waals surface area contributed by atoms with Crippen LogP contribution in [0.2, 0.25) is 0 Å². The summed E-state index contributed by atoms with van der Waals surface area (Å²) in [6, 6.07) is 13.0. The number of esters is 2. The lowest BCUT2D eigenvalue weighted by Crippen LogP contribution is -2.03. The maximum absolute atomic E-state index is 11.6. The summed E-state index contributed by atoms with van der Waals surface area (Å²) >= 11 is 0. The molecule has 0 radical (unpaired) electrons. The second-order valence-electron chi connectivity index (χ2n) is 5.40. The second-order valence-corrected chi connectivity index (χ2v) is 5.40. The van der Waals surface area contributed by atoms with Crippen molar-refractivity contribution in [2.24, 2.45) is 20.7 Å². The van der Waals surface area contributed by atoms with Crippen molar-refractivity contribution in [3.05, 3.63) is 59.7 Å². The molecular weight excluding hydrogens is 362 g/mol. The summed E-state index contributed by atoms with van der Waals surface area (Å²) < 4.78 is 9.84. The predicted octanol–water partition coefficient (Wildman–Crippen LogP) is 4.67. The Hall–Kier alpha value is -3.62. The Morgan fingerprint density at radius 2 is 1.11 bits per heavy atom. The van der Waals surface area contributed by atoms with Crippen LogP contribution in [0.3, 0.4) is 0 Å². The van der Waals surface area contributed by atoms with Crippen LogP contribution in [0.15, 0.2) is 69.2 Å². The number of hydrogen-bond acceptors (Lipinski definition) is 8. The van der Waals surface area contributed by atoms with Gasteiger partial charge in [0.05, 0.1) is 42.8 Å². The van der Waals surface area contributed by atoms with Crippen molar-refractivity contribution in [3.63, 3.8) is 0 Å². The van der Waals surface area contributed by atoms with E-state index in [1.54, 1.807) is 69.4 Å². The number of hydrogen-bond donors (Lipinski definition) is 0. The van der Waals surface area contributed by atoms with Crippen LogP contribution in [0.25, 0.3) is 0 Å². The summed E-state index contributed by atoms with van der Waals surface area (Å²) in [5.74, 6) is -0.767. The standard InChI is InChI=1S/C19H21N5O4/c1-4-27-18(25)14-6-10-16(11-7-14)20-22-24(3)23-21-17-12-8-15(9-13-17)19(26)28-5-2/h6-13H,4-5H2,1-3H3. The molecule has 0 atom stereocenters. The third-order valence-corrected chi connectivity index (χ3v) is 3.34. The van der Waals surface area contributed by atoms with Crippen LogP contribution in [-0.2, 0) is 9.47 Å². The quantitative estimate of drug-likeness (QED) is 0.374. The molecule has 0 fully saturated rings. The Kier molecular flexibility index (Phi) is 7.77. The first-order chi connectivity index (χ1) is 13.5. The van der Waals surface area contributed by atoms with Gasteiger partial charge in [-0.25, -0.2) is 9.59 Å². The molecule has 0 unspecified atom stereocenters. The highest BCUT2D eigenvalue weighted by Gasteiger charge is 2.06. The number of benzene rings is 2. The molecule has 2 aromatic rings. The Morgan fingerprint density at radius 1 is 0.750 bits per heavy atom. The van der Waals surface area contributed by atoms with Gasteiger partial charge in [0.15, 0.2) is 0 Å². The van der Waals surface area contributed by atoms with Gasteiger partial charge in [0.1, 0.15) is 0 Å². The fourth-order valence-electron chi connectivity index (χ4n) is 2.01. The fourth-order valence-corrected chi connectivity index (χ4v) is 2.01. The molecule has 0 saturated heterocycles. The Labute approximate surface area is 162 Å². The zero-order valence-corrected chi connectivity index (χ0v) is 15.9. The van der Waals surface area contributed by atoms with Gasteiger partial charge < -0.3 is 9.47 Å². The van der Waals surface area contributed by atoms with Crippen molar-refractivity contribution >= 4 is 23.3 Å². The Balaban J connectivity index is 1.93. The Bertz CT molecular complexity index is 776. The first-order valence-corrected chi connectivity index (χ1v) is 8.65. The molecule has 9 heteroatoms. The largest absolute Gasteiger partial charge is 0.462 e. The Morgan fingerprint density at radius 3 is 1.43 bits per heavy atom. The molecule has 0 aliphatic rings. The van der Waals surface area contributed by atoms with E-state index in [2.05, 4.69) is 20.7 Å². The maximum atomic E-state index is 11.6. The number of carbonyl (C=O) groups excluding carboxylic acids is 2. The van der Waals surface area contributed by atoms with E-state index in [1.165, 1.54) is 5.12 Å². The molecule has 0 N–H and O–H groups in total. The number of carbonyl (C=O) groups is 2. The van der Waals surface area contributed by atoms with Crippen molar-refractivity contribution < 1.29 is 19.1 Å². The molecule has 0 saturated carbocycles. The van der Waals surface area contributed by atoms with Crippen molar-refractivity contribution in [1.82, 2.24) is 5.12 Å². The topological polar surface area (TPSA) is 105 Å². The first-order valence-electron chi connectivity index (χ1n) is 8.65. The molecule has 146 valence electrons. The summed E-state index contributed by atoms with van der Waals surface area (Å²) in [5.41, 5.74) is 1.99. The minimum atomic E-state index is -0.383. The van der Waals surface area contributed by atoms with Crippen molar-refractivity contribution in [2.75, 3.05) is 20.3 Å². The van der Waals surface area contributed by atoms with E-state index in [0.717, 1.165) is 0 Å². The zero-order chi connectivity index (χ0) is 20.4. The average molecular weight is 383 g/mol. The van der Waals surface area contributed by atoms with E-state index in [1.807, 2.05) is 0 Å².